The number of nitrogens with one attached hydrogen (secondary N) is 1. The van der Waals surface area contributed by atoms with Gasteiger partial charge >= 0.3 is 0 Å². The second kappa shape index (κ2) is 9.96. The first kappa shape index (κ1) is 20.7. The van der Waals surface area contributed by atoms with Gasteiger partial charge in [-0.25, -0.2) is 0 Å². The highest BCUT2D eigenvalue weighted by Crippen LogP contribution is 2.20. The number of rotatable bonds is 9. The lowest BCUT2D eigenvalue weighted by Gasteiger charge is -2.21. The molecule has 2 aromatic carbocycles. The van der Waals surface area contributed by atoms with E-state index in [-0.39, 0.29) is 18.0 Å². The molecule has 1 aliphatic heterocycles. The summed E-state index contributed by atoms with van der Waals surface area (Å²) in [6.07, 6.45) is 3.76. The lowest BCUT2D eigenvalue weighted by Crippen LogP contribution is -2.41. The number of likely N-dealkylation sites (tertiary alicyclic amines) is 1. The van der Waals surface area contributed by atoms with Crippen molar-refractivity contribution in [1.29, 1.82) is 0 Å². The van der Waals surface area contributed by atoms with Gasteiger partial charge in [-0.05, 0) is 54.5 Å². The van der Waals surface area contributed by atoms with Crippen LogP contribution in [-0.4, -0.2) is 49.3 Å². The van der Waals surface area contributed by atoms with Crippen molar-refractivity contribution in [2.45, 2.75) is 36.4 Å². The van der Waals surface area contributed by atoms with E-state index in [0.717, 1.165) is 38.2 Å². The molecule has 2 unspecified atom stereocenters. The number of amides is 1. The number of carbonyl (C=O) groups excluding carboxylic acids is 1. The molecule has 1 fully saturated rings. The Bertz CT molecular complexity index is 764. The number of hydrogen-bond acceptors (Lipinski definition) is 5. The van der Waals surface area contributed by atoms with Crippen molar-refractivity contribution in [1.82, 2.24) is 10.2 Å². The number of ether oxygens (including phenoxy) is 1. The van der Waals surface area contributed by atoms with Crippen molar-refractivity contribution in [2.75, 3.05) is 26.5 Å². The third kappa shape index (κ3) is 5.50. The SMILES string of the molecule is COc1ccc(CNC2CC(C(N)=O)N(CCc3ccc(SC)cc3)C2)cc1. The molecule has 6 heteroatoms. The predicted octanol–water partition coefficient (Wildman–Crippen LogP) is 2.68. The summed E-state index contributed by atoms with van der Waals surface area (Å²) < 4.78 is 5.20. The molecule has 1 amide bonds. The molecule has 5 nitrogen and oxygen atoms in total. The van der Waals surface area contributed by atoms with Gasteiger partial charge in [-0.2, -0.15) is 0 Å². The third-order valence-electron chi connectivity index (χ3n) is 5.33. The molecule has 0 spiro atoms. The minimum Gasteiger partial charge on any atom is -0.497 e. The van der Waals surface area contributed by atoms with Crippen LogP contribution < -0.4 is 15.8 Å². The Morgan fingerprint density at radius 2 is 1.86 bits per heavy atom. The van der Waals surface area contributed by atoms with Gasteiger partial charge in [-0.15, -0.1) is 11.8 Å². The van der Waals surface area contributed by atoms with Gasteiger partial charge in [-0.3, -0.25) is 9.69 Å². The zero-order valence-corrected chi connectivity index (χ0v) is 17.4. The standard InChI is InChI=1S/C22H29N3O2S/c1-27-19-7-3-17(4-8-19)14-24-18-13-21(22(23)26)25(15-18)12-11-16-5-9-20(28-2)10-6-16/h3-10,18,21,24H,11-15H2,1-2H3,(H2,23,26). The Hall–Kier alpha value is -2.02. The summed E-state index contributed by atoms with van der Waals surface area (Å²) in [5.74, 6) is 0.627. The summed E-state index contributed by atoms with van der Waals surface area (Å²) in [5, 5.41) is 3.57. The molecule has 0 aliphatic carbocycles. The highest BCUT2D eigenvalue weighted by Gasteiger charge is 2.34. The summed E-state index contributed by atoms with van der Waals surface area (Å²) in [6.45, 7) is 2.45. The maximum absolute atomic E-state index is 11.9. The van der Waals surface area contributed by atoms with Gasteiger partial charge in [0.25, 0.3) is 0 Å². The van der Waals surface area contributed by atoms with Crippen LogP contribution in [0.4, 0.5) is 0 Å². The maximum atomic E-state index is 11.9. The Kier molecular flexibility index (Phi) is 7.36. The van der Waals surface area contributed by atoms with E-state index in [1.165, 1.54) is 16.0 Å². The fourth-order valence-electron chi connectivity index (χ4n) is 3.67. The average Bonchev–Trinajstić information content (AvgIpc) is 3.15. The summed E-state index contributed by atoms with van der Waals surface area (Å²) >= 11 is 1.74. The van der Waals surface area contributed by atoms with E-state index in [2.05, 4.69) is 52.9 Å². The fourth-order valence-corrected chi connectivity index (χ4v) is 4.07. The number of nitrogens with two attached hydrogens (primary N) is 1. The van der Waals surface area contributed by atoms with E-state index in [1.54, 1.807) is 18.9 Å². The van der Waals surface area contributed by atoms with E-state index in [9.17, 15) is 4.79 Å². The predicted molar refractivity (Wildman–Crippen MR) is 115 cm³/mol. The summed E-state index contributed by atoms with van der Waals surface area (Å²) in [7, 11) is 1.67. The Morgan fingerprint density at radius 3 is 2.46 bits per heavy atom. The van der Waals surface area contributed by atoms with Crippen LogP contribution in [0.25, 0.3) is 0 Å². The minimum absolute atomic E-state index is 0.196. The van der Waals surface area contributed by atoms with Crippen molar-refractivity contribution < 1.29 is 9.53 Å². The molecule has 0 radical (unpaired) electrons. The van der Waals surface area contributed by atoms with Gasteiger partial charge in [0.1, 0.15) is 5.75 Å². The van der Waals surface area contributed by atoms with E-state index in [0.29, 0.717) is 0 Å². The third-order valence-corrected chi connectivity index (χ3v) is 6.08. The average molecular weight is 400 g/mol. The molecule has 3 N–H and O–H groups in total. The molecular formula is C22H29N3O2S. The number of carbonyl (C=O) groups is 1. The lowest BCUT2D eigenvalue weighted by atomic mass is 10.1. The summed E-state index contributed by atoms with van der Waals surface area (Å²) in [5.41, 5.74) is 8.16. The van der Waals surface area contributed by atoms with Crippen LogP contribution in [0.2, 0.25) is 0 Å². The van der Waals surface area contributed by atoms with E-state index >= 15 is 0 Å². The van der Waals surface area contributed by atoms with Crippen LogP contribution in [0, 0.1) is 0 Å². The topological polar surface area (TPSA) is 67.6 Å². The highest BCUT2D eigenvalue weighted by atomic mass is 32.2. The monoisotopic (exact) mass is 399 g/mol. The largest absolute Gasteiger partial charge is 0.497 e. The van der Waals surface area contributed by atoms with Crippen LogP contribution in [-0.2, 0) is 17.8 Å². The van der Waals surface area contributed by atoms with Gasteiger partial charge in [0.15, 0.2) is 0 Å². The second-order valence-electron chi connectivity index (χ2n) is 7.17. The zero-order chi connectivity index (χ0) is 19.9. The Morgan fingerprint density at radius 1 is 1.18 bits per heavy atom. The first-order chi connectivity index (χ1) is 13.6. The number of benzene rings is 2. The smallest absolute Gasteiger partial charge is 0.234 e. The molecule has 150 valence electrons. The number of methoxy groups -OCH3 is 1. The number of primary amides is 1. The summed E-state index contributed by atoms with van der Waals surface area (Å²) in [6, 6.07) is 16.7. The molecule has 0 bridgehead atoms. The van der Waals surface area contributed by atoms with Crippen molar-refractivity contribution in [3.8, 4) is 5.75 Å². The van der Waals surface area contributed by atoms with Crippen molar-refractivity contribution in [3.63, 3.8) is 0 Å². The van der Waals surface area contributed by atoms with E-state index in [4.69, 9.17) is 10.5 Å². The molecule has 2 aromatic rings. The van der Waals surface area contributed by atoms with Gasteiger partial charge in [0.05, 0.1) is 13.2 Å². The molecule has 3 rings (SSSR count). The Labute approximate surface area is 171 Å². The molecule has 28 heavy (non-hydrogen) atoms. The fraction of sp³-hybridized carbons (Fsp3) is 0.409. The lowest BCUT2D eigenvalue weighted by molar-refractivity contribution is -0.122. The number of thioether (sulfide) groups is 1. The molecule has 1 saturated heterocycles. The first-order valence-corrected chi connectivity index (χ1v) is 10.8. The Balaban J connectivity index is 1.53. The zero-order valence-electron chi connectivity index (χ0n) is 16.6. The molecule has 0 aromatic heterocycles. The maximum Gasteiger partial charge on any atom is 0.234 e. The number of nitrogens with zero attached hydrogens (tertiary/aromatic N) is 1. The molecule has 2 atom stereocenters. The first-order valence-electron chi connectivity index (χ1n) is 9.61. The van der Waals surface area contributed by atoms with Gasteiger partial charge < -0.3 is 15.8 Å². The highest BCUT2D eigenvalue weighted by molar-refractivity contribution is 7.98. The molecule has 1 heterocycles. The quantitative estimate of drug-likeness (QED) is 0.635. The van der Waals surface area contributed by atoms with Gasteiger partial charge in [-0.1, -0.05) is 24.3 Å². The van der Waals surface area contributed by atoms with E-state index in [1.807, 2.05) is 12.1 Å². The number of hydrogen-bond donors (Lipinski definition) is 2. The van der Waals surface area contributed by atoms with Crippen LogP contribution in [0.15, 0.2) is 53.4 Å². The molecule has 1 aliphatic rings. The van der Waals surface area contributed by atoms with Crippen LogP contribution in [0.1, 0.15) is 17.5 Å². The van der Waals surface area contributed by atoms with Gasteiger partial charge in [0, 0.05) is 30.6 Å². The van der Waals surface area contributed by atoms with E-state index < -0.39 is 0 Å². The van der Waals surface area contributed by atoms with Crippen LogP contribution >= 0.6 is 11.8 Å². The molecule has 0 saturated carbocycles. The normalized spacial score (nSPS) is 19.6. The van der Waals surface area contributed by atoms with Crippen LogP contribution in [0.3, 0.4) is 0 Å². The van der Waals surface area contributed by atoms with Gasteiger partial charge in [0.2, 0.25) is 5.91 Å². The second-order valence-corrected chi connectivity index (χ2v) is 8.05. The van der Waals surface area contributed by atoms with Crippen molar-refractivity contribution in [2.24, 2.45) is 5.73 Å². The van der Waals surface area contributed by atoms with Crippen molar-refractivity contribution in [3.05, 3.63) is 59.7 Å². The van der Waals surface area contributed by atoms with Crippen LogP contribution in [0.5, 0.6) is 5.75 Å². The minimum atomic E-state index is -0.230. The molecular weight excluding hydrogens is 370 g/mol. The summed E-state index contributed by atoms with van der Waals surface area (Å²) in [4.78, 5) is 15.4. The van der Waals surface area contributed by atoms with Crippen molar-refractivity contribution >= 4 is 17.7 Å².